The summed E-state index contributed by atoms with van der Waals surface area (Å²) >= 11 is 9.20. The van der Waals surface area contributed by atoms with Crippen LogP contribution in [0, 0.1) is 12.8 Å². The number of nitrogens with zero attached hydrogens (tertiary/aromatic N) is 4. The second kappa shape index (κ2) is 16.7. The fourth-order valence-electron chi connectivity index (χ4n) is 1.16. The molecule has 0 aliphatic carbocycles. The van der Waals surface area contributed by atoms with E-state index in [1.54, 1.807) is 10.6 Å². The number of halogens is 2. The maximum Gasteiger partial charge on any atom is 0.180 e. The van der Waals surface area contributed by atoms with Crippen LogP contribution in [0.3, 0.4) is 0 Å². The predicted octanol–water partition coefficient (Wildman–Crippen LogP) is 6.07. The topological polar surface area (TPSA) is 43.1 Å². The first-order valence-corrected chi connectivity index (χ1v) is 8.34. The Labute approximate surface area is 153 Å². The molecular weight excluding hydrogens is 376 g/mol. The second-order valence-electron chi connectivity index (χ2n) is 3.05. The number of allylic oxidation sites excluding steroid dienone is 2. The van der Waals surface area contributed by atoms with Crippen LogP contribution in [0.2, 0.25) is 5.15 Å². The first-order chi connectivity index (χ1) is 11.1. The number of hydrogen-bond donors (Lipinski definition) is 0. The minimum absolute atomic E-state index is 0.396. The maximum absolute atomic E-state index is 5.91. The lowest BCUT2D eigenvalue weighted by atomic mass is 10.3. The molecule has 0 saturated carbocycles. The number of aromatic nitrogens is 4. The van der Waals surface area contributed by atoms with E-state index in [1.165, 1.54) is 0 Å². The summed E-state index contributed by atoms with van der Waals surface area (Å²) in [6.45, 7) is 17.9. The predicted molar refractivity (Wildman–Crippen MR) is 107 cm³/mol. The molecule has 128 valence electrons. The van der Waals surface area contributed by atoms with Crippen molar-refractivity contribution < 1.29 is 0 Å². The monoisotopic (exact) mass is 400 g/mol. The third-order valence-corrected chi connectivity index (χ3v) is 3.20. The van der Waals surface area contributed by atoms with Crippen LogP contribution in [0.4, 0.5) is 0 Å². The lowest BCUT2D eigenvalue weighted by molar-refractivity contribution is 0.901. The Morgan fingerprint density at radius 3 is 2.13 bits per heavy atom. The van der Waals surface area contributed by atoms with Gasteiger partial charge in [0.1, 0.15) is 0 Å². The van der Waals surface area contributed by atoms with Crippen molar-refractivity contribution in [3.63, 3.8) is 0 Å². The molecule has 0 amide bonds. The normalized spacial score (nSPS) is 8.87. The van der Waals surface area contributed by atoms with E-state index in [0.717, 1.165) is 5.57 Å². The minimum Gasteiger partial charge on any atom is -0.192 e. The van der Waals surface area contributed by atoms with Gasteiger partial charge in [0.15, 0.2) is 16.6 Å². The SMILES string of the molecule is C#C.C/C=C(\C)c1nnc2cc(Br)c(Cl)nn12.C=C.CC.CC. The third kappa shape index (κ3) is 7.96. The molecule has 2 rings (SSSR count). The van der Waals surface area contributed by atoms with Crippen LogP contribution in [0.5, 0.6) is 0 Å². The Balaban J connectivity index is -0.000000438. The van der Waals surface area contributed by atoms with E-state index in [0.29, 0.717) is 21.1 Å². The Morgan fingerprint density at radius 2 is 1.70 bits per heavy atom. The average Bonchev–Trinajstić information content (AvgIpc) is 3.04. The molecule has 0 N–H and O–H groups in total. The summed E-state index contributed by atoms with van der Waals surface area (Å²) in [5.41, 5.74) is 1.68. The first kappa shape index (κ1) is 26.3. The summed E-state index contributed by atoms with van der Waals surface area (Å²) in [7, 11) is 0. The molecule has 0 spiro atoms. The molecule has 0 aliphatic heterocycles. The van der Waals surface area contributed by atoms with Crippen LogP contribution in [0.25, 0.3) is 11.2 Å². The van der Waals surface area contributed by atoms with Gasteiger partial charge in [0.2, 0.25) is 0 Å². The van der Waals surface area contributed by atoms with Crippen molar-refractivity contribution in [2.45, 2.75) is 41.5 Å². The summed E-state index contributed by atoms with van der Waals surface area (Å²) in [5.74, 6) is 0.710. The van der Waals surface area contributed by atoms with Crippen molar-refractivity contribution in [2.24, 2.45) is 0 Å². The molecule has 2 aromatic heterocycles. The molecule has 0 aromatic carbocycles. The van der Waals surface area contributed by atoms with Crippen LogP contribution < -0.4 is 0 Å². The van der Waals surface area contributed by atoms with Gasteiger partial charge in [-0.25, -0.2) is 0 Å². The smallest absolute Gasteiger partial charge is 0.180 e. The lowest BCUT2D eigenvalue weighted by Crippen LogP contribution is -1.97. The fraction of sp³-hybridized carbons (Fsp3) is 0.353. The zero-order valence-electron chi connectivity index (χ0n) is 14.8. The van der Waals surface area contributed by atoms with Gasteiger partial charge in [0.05, 0.1) is 4.47 Å². The van der Waals surface area contributed by atoms with Gasteiger partial charge in [-0.05, 0) is 35.4 Å². The Kier molecular flexibility index (Phi) is 19.1. The summed E-state index contributed by atoms with van der Waals surface area (Å²) in [6.07, 6.45) is 9.95. The number of rotatable bonds is 1. The highest BCUT2D eigenvalue weighted by molar-refractivity contribution is 9.10. The minimum atomic E-state index is 0.396. The van der Waals surface area contributed by atoms with E-state index in [2.05, 4.69) is 57.2 Å². The summed E-state index contributed by atoms with van der Waals surface area (Å²) in [4.78, 5) is 0. The molecule has 4 nitrogen and oxygen atoms in total. The van der Waals surface area contributed by atoms with Gasteiger partial charge in [-0.15, -0.1) is 36.2 Å². The molecular formula is C17H26BrClN4. The largest absolute Gasteiger partial charge is 0.192 e. The third-order valence-electron chi connectivity index (χ3n) is 2.09. The first-order valence-electron chi connectivity index (χ1n) is 7.17. The van der Waals surface area contributed by atoms with Crippen LogP contribution in [0.15, 0.2) is 29.8 Å². The highest BCUT2D eigenvalue weighted by Gasteiger charge is 2.10. The molecule has 0 fully saturated rings. The summed E-state index contributed by atoms with van der Waals surface area (Å²) in [6, 6.07) is 1.79. The Hall–Kier alpha value is -1.64. The van der Waals surface area contributed by atoms with Crippen molar-refractivity contribution in [2.75, 3.05) is 0 Å². The second-order valence-corrected chi connectivity index (χ2v) is 4.26. The molecule has 0 unspecified atom stereocenters. The lowest BCUT2D eigenvalue weighted by Gasteiger charge is -1.99. The summed E-state index contributed by atoms with van der Waals surface area (Å²) < 4.78 is 2.34. The van der Waals surface area contributed by atoms with E-state index in [4.69, 9.17) is 11.6 Å². The highest BCUT2D eigenvalue weighted by atomic mass is 79.9. The zero-order chi connectivity index (χ0) is 19.0. The van der Waals surface area contributed by atoms with Gasteiger partial charge in [0.25, 0.3) is 0 Å². The molecule has 23 heavy (non-hydrogen) atoms. The van der Waals surface area contributed by atoms with E-state index >= 15 is 0 Å². The van der Waals surface area contributed by atoms with Crippen LogP contribution in [-0.2, 0) is 0 Å². The van der Waals surface area contributed by atoms with Gasteiger partial charge >= 0.3 is 0 Å². The van der Waals surface area contributed by atoms with Gasteiger partial charge in [-0.2, -0.15) is 9.61 Å². The highest BCUT2D eigenvalue weighted by Crippen LogP contribution is 2.22. The Morgan fingerprint density at radius 1 is 1.22 bits per heavy atom. The fourth-order valence-corrected chi connectivity index (χ4v) is 1.58. The van der Waals surface area contributed by atoms with Crippen LogP contribution >= 0.6 is 27.5 Å². The average molecular weight is 402 g/mol. The van der Waals surface area contributed by atoms with E-state index in [1.807, 2.05) is 47.6 Å². The molecule has 0 aliphatic rings. The van der Waals surface area contributed by atoms with Gasteiger partial charge in [-0.3, -0.25) is 0 Å². The molecule has 2 heterocycles. The van der Waals surface area contributed by atoms with Crippen molar-refractivity contribution in [1.82, 2.24) is 19.8 Å². The quantitative estimate of drug-likeness (QED) is 0.430. The molecule has 0 radical (unpaired) electrons. The number of terminal acetylenes is 1. The van der Waals surface area contributed by atoms with Crippen molar-refractivity contribution in [1.29, 1.82) is 0 Å². The Bertz CT molecular complexity index is 603. The molecule has 0 saturated heterocycles. The van der Waals surface area contributed by atoms with E-state index in [-0.39, 0.29) is 0 Å². The molecule has 0 bridgehead atoms. The molecule has 6 heteroatoms. The van der Waals surface area contributed by atoms with Crippen molar-refractivity contribution in [3.8, 4) is 12.8 Å². The number of hydrogen-bond acceptors (Lipinski definition) is 3. The van der Waals surface area contributed by atoms with Gasteiger partial charge < -0.3 is 0 Å². The van der Waals surface area contributed by atoms with Crippen LogP contribution in [0.1, 0.15) is 47.4 Å². The van der Waals surface area contributed by atoms with Crippen molar-refractivity contribution >= 4 is 38.8 Å². The van der Waals surface area contributed by atoms with Gasteiger partial charge in [0, 0.05) is 6.07 Å². The van der Waals surface area contributed by atoms with Gasteiger partial charge in [-0.1, -0.05) is 45.4 Å². The standard InChI is InChI=1S/C9H8BrClN4.2C2H6.C2H4.C2H2/c1-3-5(2)9-13-12-7-4-6(10)8(11)14-15(7)9;4*1-2/h3-4H,1-2H3;2*1-2H3;1-2H2;1-2H/b5-3+;;;;. The van der Waals surface area contributed by atoms with E-state index < -0.39 is 0 Å². The van der Waals surface area contributed by atoms with E-state index in [9.17, 15) is 0 Å². The molecule has 2 aromatic rings. The molecule has 0 atom stereocenters. The summed E-state index contributed by atoms with van der Waals surface area (Å²) in [5, 5.41) is 12.6. The van der Waals surface area contributed by atoms with Crippen molar-refractivity contribution in [3.05, 3.63) is 40.8 Å². The van der Waals surface area contributed by atoms with Crippen LogP contribution in [-0.4, -0.2) is 19.8 Å². The maximum atomic E-state index is 5.91. The zero-order valence-corrected chi connectivity index (χ0v) is 17.1. The number of fused-ring (bicyclic) bond motifs is 1.